The zero-order valence-electron chi connectivity index (χ0n) is 5.53. The molecule has 0 unspecified atom stereocenters. The monoisotopic (exact) mass is 216 g/mol. The van der Waals surface area contributed by atoms with Crippen molar-refractivity contribution in [2.45, 2.75) is 6.61 Å². The van der Waals surface area contributed by atoms with E-state index in [1.807, 2.05) is 0 Å². The maximum atomic E-state index is 9.80. The van der Waals surface area contributed by atoms with Gasteiger partial charge in [-0.1, -0.05) is 0 Å². The predicted octanol–water partition coefficient (Wildman–Crippen LogP) is 0.912. The summed E-state index contributed by atoms with van der Waals surface area (Å²) in [5, 5.41) is 0. The van der Waals surface area contributed by atoms with E-state index in [9.17, 15) is 4.79 Å². The molecule has 1 aromatic heterocycles. The van der Waals surface area contributed by atoms with E-state index >= 15 is 0 Å². The van der Waals surface area contributed by atoms with Crippen LogP contribution >= 0.6 is 15.9 Å². The average molecular weight is 217 g/mol. The van der Waals surface area contributed by atoms with Gasteiger partial charge in [-0.2, -0.15) is 0 Å². The van der Waals surface area contributed by atoms with Crippen LogP contribution in [0, 0.1) is 0 Å². The van der Waals surface area contributed by atoms with Crippen molar-refractivity contribution in [3.8, 4) is 0 Å². The summed E-state index contributed by atoms with van der Waals surface area (Å²) in [5.41, 5.74) is 0.611. The third kappa shape index (κ3) is 2.27. The number of ether oxygens (including phenoxy) is 1. The molecule has 0 saturated heterocycles. The zero-order chi connectivity index (χ0) is 8.10. The van der Waals surface area contributed by atoms with Gasteiger partial charge < -0.3 is 4.74 Å². The Labute approximate surface area is 71.7 Å². The van der Waals surface area contributed by atoms with Crippen LogP contribution in [0.2, 0.25) is 0 Å². The molecule has 0 spiro atoms. The number of hydrogen-bond donors (Lipinski definition) is 0. The van der Waals surface area contributed by atoms with Gasteiger partial charge in [0.25, 0.3) is 6.47 Å². The van der Waals surface area contributed by atoms with Crippen LogP contribution in [0.3, 0.4) is 0 Å². The topological polar surface area (TPSA) is 52.1 Å². The SMILES string of the molecule is O=COCc1nccnc1Br. The van der Waals surface area contributed by atoms with Gasteiger partial charge >= 0.3 is 0 Å². The number of nitrogens with zero attached hydrogens (tertiary/aromatic N) is 2. The molecule has 4 nitrogen and oxygen atoms in total. The molecule has 0 fully saturated rings. The Balaban J connectivity index is 2.69. The van der Waals surface area contributed by atoms with Crippen molar-refractivity contribution in [1.82, 2.24) is 9.97 Å². The molecule has 1 aromatic rings. The Hall–Kier alpha value is -0.970. The number of hydrogen-bond acceptors (Lipinski definition) is 4. The van der Waals surface area contributed by atoms with E-state index in [1.54, 1.807) is 6.20 Å². The summed E-state index contributed by atoms with van der Waals surface area (Å²) in [6.07, 6.45) is 3.09. The highest BCUT2D eigenvalue weighted by Gasteiger charge is 1.99. The van der Waals surface area contributed by atoms with Gasteiger partial charge in [0, 0.05) is 12.4 Å². The first-order chi connectivity index (χ1) is 5.34. The first-order valence-electron chi connectivity index (χ1n) is 2.85. The minimum Gasteiger partial charge on any atom is -0.461 e. The maximum Gasteiger partial charge on any atom is 0.293 e. The van der Waals surface area contributed by atoms with Crippen molar-refractivity contribution in [2.24, 2.45) is 0 Å². The van der Waals surface area contributed by atoms with Crippen molar-refractivity contribution in [3.05, 3.63) is 22.7 Å². The lowest BCUT2D eigenvalue weighted by molar-refractivity contribution is -0.129. The van der Waals surface area contributed by atoms with E-state index in [4.69, 9.17) is 0 Å². The first-order valence-corrected chi connectivity index (χ1v) is 3.64. The summed E-state index contributed by atoms with van der Waals surface area (Å²) in [4.78, 5) is 17.6. The molecule has 0 aliphatic rings. The van der Waals surface area contributed by atoms with Crippen molar-refractivity contribution in [1.29, 1.82) is 0 Å². The van der Waals surface area contributed by atoms with E-state index in [2.05, 4.69) is 30.6 Å². The molecule has 0 radical (unpaired) electrons. The Kier molecular flexibility index (Phi) is 2.97. The van der Waals surface area contributed by atoms with Gasteiger partial charge in [-0.05, 0) is 15.9 Å². The molecule has 0 aliphatic carbocycles. The molecule has 1 heterocycles. The lowest BCUT2D eigenvalue weighted by Crippen LogP contribution is -1.96. The first kappa shape index (κ1) is 8.13. The van der Waals surface area contributed by atoms with Crippen molar-refractivity contribution >= 4 is 22.4 Å². The number of rotatable bonds is 3. The fourth-order valence-electron chi connectivity index (χ4n) is 0.560. The highest BCUT2D eigenvalue weighted by atomic mass is 79.9. The van der Waals surface area contributed by atoms with Gasteiger partial charge in [-0.3, -0.25) is 9.78 Å². The van der Waals surface area contributed by atoms with Gasteiger partial charge in [0.15, 0.2) is 0 Å². The molecule has 0 aliphatic heterocycles. The van der Waals surface area contributed by atoms with E-state index in [1.165, 1.54) is 6.20 Å². The second-order valence-corrected chi connectivity index (χ2v) is 2.45. The van der Waals surface area contributed by atoms with Gasteiger partial charge in [-0.15, -0.1) is 0 Å². The molecular weight excluding hydrogens is 212 g/mol. The molecule has 0 atom stereocenters. The van der Waals surface area contributed by atoms with E-state index < -0.39 is 0 Å². The van der Waals surface area contributed by atoms with Crippen LogP contribution < -0.4 is 0 Å². The fraction of sp³-hybridized carbons (Fsp3) is 0.167. The van der Waals surface area contributed by atoms with Crippen molar-refractivity contribution < 1.29 is 9.53 Å². The third-order valence-corrected chi connectivity index (χ3v) is 1.67. The van der Waals surface area contributed by atoms with E-state index in [0.29, 0.717) is 16.8 Å². The van der Waals surface area contributed by atoms with Crippen molar-refractivity contribution in [3.63, 3.8) is 0 Å². The van der Waals surface area contributed by atoms with Crippen LogP contribution in [0.15, 0.2) is 17.0 Å². The Bertz CT molecular complexity index is 254. The van der Waals surface area contributed by atoms with Gasteiger partial charge in [-0.25, -0.2) is 4.98 Å². The second-order valence-electron chi connectivity index (χ2n) is 1.70. The molecule has 5 heteroatoms. The summed E-state index contributed by atoms with van der Waals surface area (Å²) in [5.74, 6) is 0. The largest absolute Gasteiger partial charge is 0.461 e. The smallest absolute Gasteiger partial charge is 0.293 e. The summed E-state index contributed by atoms with van der Waals surface area (Å²) in [6, 6.07) is 0. The van der Waals surface area contributed by atoms with Crippen LogP contribution in [0.5, 0.6) is 0 Å². The van der Waals surface area contributed by atoms with Crippen LogP contribution in [0.4, 0.5) is 0 Å². The molecule has 11 heavy (non-hydrogen) atoms. The zero-order valence-corrected chi connectivity index (χ0v) is 7.11. The van der Waals surface area contributed by atoms with Crippen LogP contribution in [0.25, 0.3) is 0 Å². The predicted molar refractivity (Wildman–Crippen MR) is 40.6 cm³/mol. The summed E-state index contributed by atoms with van der Waals surface area (Å²) in [7, 11) is 0. The highest BCUT2D eigenvalue weighted by molar-refractivity contribution is 9.10. The van der Waals surface area contributed by atoms with Crippen LogP contribution in [-0.4, -0.2) is 16.4 Å². The van der Waals surface area contributed by atoms with Crippen LogP contribution in [0.1, 0.15) is 5.69 Å². The molecule has 0 bridgehead atoms. The number of carbonyl (C=O) groups is 1. The van der Waals surface area contributed by atoms with Gasteiger partial charge in [0.1, 0.15) is 16.9 Å². The molecule has 0 amide bonds. The summed E-state index contributed by atoms with van der Waals surface area (Å²) < 4.78 is 5.09. The number of halogens is 1. The summed E-state index contributed by atoms with van der Waals surface area (Å²) >= 11 is 3.16. The van der Waals surface area contributed by atoms with Gasteiger partial charge in [0.2, 0.25) is 0 Å². The normalized spacial score (nSPS) is 9.18. The second kappa shape index (κ2) is 4.02. The molecule has 1 rings (SSSR count). The number of aromatic nitrogens is 2. The minimum absolute atomic E-state index is 0.151. The van der Waals surface area contributed by atoms with Crippen molar-refractivity contribution in [2.75, 3.05) is 0 Å². The summed E-state index contributed by atoms with van der Waals surface area (Å²) in [6.45, 7) is 0.527. The van der Waals surface area contributed by atoms with Gasteiger partial charge in [0.05, 0.1) is 0 Å². The molecular formula is C6H5BrN2O2. The van der Waals surface area contributed by atoms with E-state index in [0.717, 1.165) is 0 Å². The molecule has 0 aromatic carbocycles. The molecule has 0 N–H and O–H groups in total. The Morgan fingerprint density at radius 3 is 2.91 bits per heavy atom. The molecule has 0 saturated carbocycles. The van der Waals surface area contributed by atoms with E-state index in [-0.39, 0.29) is 6.61 Å². The standard InChI is InChI=1S/C6H5BrN2O2/c7-6-5(3-11-4-10)8-1-2-9-6/h1-2,4H,3H2. The number of carbonyl (C=O) groups excluding carboxylic acids is 1. The lowest BCUT2D eigenvalue weighted by atomic mass is 10.5. The maximum absolute atomic E-state index is 9.80. The Morgan fingerprint density at radius 1 is 1.55 bits per heavy atom. The average Bonchev–Trinajstić information content (AvgIpc) is 2.03. The Morgan fingerprint density at radius 2 is 2.27 bits per heavy atom. The third-order valence-electron chi connectivity index (χ3n) is 1.01. The molecule has 58 valence electrons. The minimum atomic E-state index is 0.151. The fourth-order valence-corrected chi connectivity index (χ4v) is 0.895. The lowest BCUT2D eigenvalue weighted by Gasteiger charge is -1.98. The van der Waals surface area contributed by atoms with Crippen LogP contribution in [-0.2, 0) is 16.1 Å². The quantitative estimate of drug-likeness (QED) is 0.706. The highest BCUT2D eigenvalue weighted by Crippen LogP contribution is 2.09.